The standard InChI is InChI=1S/C15H23ClN2O/c1-3-13-10-17(2)8-5-9-18(13)15-12(11-19)6-4-7-14(15)16/h4,6-7,13,19H,3,5,8-11H2,1-2H3. The van der Waals surface area contributed by atoms with Gasteiger partial charge < -0.3 is 14.9 Å². The Balaban J connectivity index is 2.37. The normalized spacial score (nSPS) is 21.5. The van der Waals surface area contributed by atoms with Crippen LogP contribution in [-0.2, 0) is 6.61 Å². The second-order valence-corrected chi connectivity index (χ2v) is 5.68. The third kappa shape index (κ3) is 3.22. The van der Waals surface area contributed by atoms with Crippen LogP contribution in [0.2, 0.25) is 5.02 Å². The molecule has 1 saturated heterocycles. The van der Waals surface area contributed by atoms with E-state index in [2.05, 4.69) is 23.8 Å². The van der Waals surface area contributed by atoms with Crippen molar-refractivity contribution in [1.82, 2.24) is 4.90 Å². The van der Waals surface area contributed by atoms with Gasteiger partial charge in [-0.3, -0.25) is 0 Å². The van der Waals surface area contributed by atoms with E-state index in [4.69, 9.17) is 11.6 Å². The van der Waals surface area contributed by atoms with Gasteiger partial charge in [-0.2, -0.15) is 0 Å². The molecule has 19 heavy (non-hydrogen) atoms. The number of hydrogen-bond donors (Lipinski definition) is 1. The van der Waals surface area contributed by atoms with Crippen LogP contribution in [0.4, 0.5) is 5.69 Å². The van der Waals surface area contributed by atoms with Crippen LogP contribution in [0, 0.1) is 0 Å². The fourth-order valence-electron chi connectivity index (χ4n) is 2.90. The first-order valence-corrected chi connectivity index (χ1v) is 7.38. The molecule has 0 bridgehead atoms. The minimum absolute atomic E-state index is 0.0403. The minimum Gasteiger partial charge on any atom is -0.392 e. The molecule has 1 aliphatic heterocycles. The summed E-state index contributed by atoms with van der Waals surface area (Å²) in [4.78, 5) is 4.76. The molecule has 0 radical (unpaired) electrons. The van der Waals surface area contributed by atoms with Crippen LogP contribution in [0.25, 0.3) is 0 Å². The van der Waals surface area contributed by atoms with Gasteiger partial charge in [0.25, 0.3) is 0 Å². The summed E-state index contributed by atoms with van der Waals surface area (Å²) >= 11 is 6.39. The fourth-order valence-corrected chi connectivity index (χ4v) is 3.20. The third-order valence-electron chi connectivity index (χ3n) is 3.90. The number of anilines is 1. The first-order valence-electron chi connectivity index (χ1n) is 7.00. The van der Waals surface area contributed by atoms with Gasteiger partial charge in [-0.05, 0) is 32.5 Å². The Bertz CT molecular complexity index is 425. The maximum atomic E-state index is 9.56. The number of nitrogens with zero attached hydrogens (tertiary/aromatic N) is 2. The molecule has 0 spiro atoms. The smallest absolute Gasteiger partial charge is 0.0702 e. The van der Waals surface area contributed by atoms with Gasteiger partial charge in [0.15, 0.2) is 0 Å². The summed E-state index contributed by atoms with van der Waals surface area (Å²) < 4.78 is 0. The van der Waals surface area contributed by atoms with Crippen LogP contribution >= 0.6 is 11.6 Å². The number of hydrogen-bond acceptors (Lipinski definition) is 3. The summed E-state index contributed by atoms with van der Waals surface area (Å²) in [5.74, 6) is 0. The summed E-state index contributed by atoms with van der Waals surface area (Å²) in [5.41, 5.74) is 1.95. The highest BCUT2D eigenvalue weighted by Crippen LogP contribution is 2.33. The molecule has 0 aliphatic carbocycles. The predicted octanol–water partition coefficient (Wildman–Crippen LogP) is 2.75. The fraction of sp³-hybridized carbons (Fsp3) is 0.600. The van der Waals surface area contributed by atoms with Crippen molar-refractivity contribution in [2.24, 2.45) is 0 Å². The predicted molar refractivity (Wildman–Crippen MR) is 80.9 cm³/mol. The summed E-state index contributed by atoms with van der Waals surface area (Å²) in [6.07, 6.45) is 2.21. The molecule has 106 valence electrons. The maximum absolute atomic E-state index is 9.56. The maximum Gasteiger partial charge on any atom is 0.0702 e. The van der Waals surface area contributed by atoms with Gasteiger partial charge in [-0.25, -0.2) is 0 Å². The highest BCUT2D eigenvalue weighted by molar-refractivity contribution is 6.33. The van der Waals surface area contributed by atoms with Gasteiger partial charge in [-0.15, -0.1) is 0 Å². The molecular formula is C15H23ClN2O. The Morgan fingerprint density at radius 1 is 1.37 bits per heavy atom. The second-order valence-electron chi connectivity index (χ2n) is 5.28. The third-order valence-corrected chi connectivity index (χ3v) is 4.21. The van der Waals surface area contributed by atoms with Gasteiger partial charge in [-0.1, -0.05) is 30.7 Å². The van der Waals surface area contributed by atoms with E-state index in [1.165, 1.54) is 0 Å². The quantitative estimate of drug-likeness (QED) is 0.923. The molecule has 2 rings (SSSR count). The molecule has 3 nitrogen and oxygen atoms in total. The van der Waals surface area contributed by atoms with Gasteiger partial charge in [0.1, 0.15) is 0 Å². The number of aliphatic hydroxyl groups is 1. The van der Waals surface area contributed by atoms with Gasteiger partial charge >= 0.3 is 0 Å². The van der Waals surface area contributed by atoms with E-state index in [1.807, 2.05) is 18.2 Å². The molecule has 1 atom stereocenters. The average molecular weight is 283 g/mol. The molecule has 0 saturated carbocycles. The Morgan fingerprint density at radius 2 is 2.16 bits per heavy atom. The van der Waals surface area contributed by atoms with Crippen LogP contribution in [0.15, 0.2) is 18.2 Å². The SMILES string of the molecule is CCC1CN(C)CCCN1c1c(Cl)cccc1CO. The van der Waals surface area contributed by atoms with Crippen molar-refractivity contribution in [2.75, 3.05) is 31.6 Å². The Morgan fingerprint density at radius 3 is 2.84 bits per heavy atom. The van der Waals surface area contributed by atoms with E-state index in [9.17, 15) is 5.11 Å². The number of aliphatic hydroxyl groups excluding tert-OH is 1. The molecule has 0 aromatic heterocycles. The monoisotopic (exact) mass is 282 g/mol. The zero-order chi connectivity index (χ0) is 13.8. The summed E-state index contributed by atoms with van der Waals surface area (Å²) in [6.45, 7) is 5.42. The number of likely N-dealkylation sites (N-methyl/N-ethyl adjacent to an activating group) is 1. The number of halogens is 1. The molecule has 0 amide bonds. The Kier molecular flexibility index (Phi) is 5.08. The Labute approximate surface area is 120 Å². The summed E-state index contributed by atoms with van der Waals surface area (Å²) in [6, 6.07) is 6.24. The zero-order valence-corrected chi connectivity index (χ0v) is 12.5. The zero-order valence-electron chi connectivity index (χ0n) is 11.8. The second kappa shape index (κ2) is 6.60. The van der Waals surface area contributed by atoms with Crippen molar-refractivity contribution in [3.05, 3.63) is 28.8 Å². The molecule has 1 N–H and O–H groups in total. The van der Waals surface area contributed by atoms with Crippen molar-refractivity contribution in [1.29, 1.82) is 0 Å². The lowest BCUT2D eigenvalue weighted by atomic mass is 10.1. The van der Waals surface area contributed by atoms with Crippen molar-refractivity contribution < 1.29 is 5.11 Å². The number of rotatable bonds is 3. The van der Waals surface area contributed by atoms with Gasteiger partial charge in [0, 0.05) is 24.7 Å². The molecular weight excluding hydrogens is 260 g/mol. The van der Waals surface area contributed by atoms with Gasteiger partial charge in [0.2, 0.25) is 0 Å². The van der Waals surface area contributed by atoms with E-state index < -0.39 is 0 Å². The molecule has 4 heteroatoms. The van der Waals surface area contributed by atoms with Crippen LogP contribution in [0.3, 0.4) is 0 Å². The molecule has 1 aromatic rings. The van der Waals surface area contributed by atoms with Crippen molar-refractivity contribution in [2.45, 2.75) is 32.4 Å². The lowest BCUT2D eigenvalue weighted by molar-refractivity contribution is 0.281. The van der Waals surface area contributed by atoms with E-state index in [0.29, 0.717) is 6.04 Å². The van der Waals surface area contributed by atoms with E-state index in [0.717, 1.165) is 48.7 Å². The molecule has 1 heterocycles. The van der Waals surface area contributed by atoms with E-state index >= 15 is 0 Å². The lowest BCUT2D eigenvalue weighted by Gasteiger charge is -2.34. The number of para-hydroxylation sites is 1. The van der Waals surface area contributed by atoms with Crippen LogP contribution in [-0.4, -0.2) is 42.7 Å². The molecule has 1 aliphatic rings. The first-order chi connectivity index (χ1) is 9.17. The van der Waals surface area contributed by atoms with Crippen molar-refractivity contribution >= 4 is 17.3 Å². The topological polar surface area (TPSA) is 26.7 Å². The molecule has 1 aromatic carbocycles. The first kappa shape index (κ1) is 14.6. The molecule has 1 unspecified atom stereocenters. The average Bonchev–Trinajstić information content (AvgIpc) is 2.59. The highest BCUT2D eigenvalue weighted by Gasteiger charge is 2.25. The summed E-state index contributed by atoms with van der Waals surface area (Å²) in [7, 11) is 2.17. The van der Waals surface area contributed by atoms with Gasteiger partial charge in [0.05, 0.1) is 17.3 Å². The highest BCUT2D eigenvalue weighted by atomic mass is 35.5. The van der Waals surface area contributed by atoms with E-state index in [-0.39, 0.29) is 6.61 Å². The largest absolute Gasteiger partial charge is 0.392 e. The van der Waals surface area contributed by atoms with Crippen molar-refractivity contribution in [3.8, 4) is 0 Å². The van der Waals surface area contributed by atoms with Crippen LogP contribution in [0.1, 0.15) is 25.3 Å². The minimum atomic E-state index is 0.0403. The van der Waals surface area contributed by atoms with E-state index in [1.54, 1.807) is 0 Å². The molecule has 1 fully saturated rings. The van der Waals surface area contributed by atoms with Crippen molar-refractivity contribution in [3.63, 3.8) is 0 Å². The van der Waals surface area contributed by atoms with Crippen LogP contribution < -0.4 is 4.90 Å². The lowest BCUT2D eigenvalue weighted by Crippen LogP contribution is -2.40. The Hall–Kier alpha value is -0.770. The summed E-state index contributed by atoms with van der Waals surface area (Å²) in [5, 5.41) is 10.3. The number of benzene rings is 1. The van der Waals surface area contributed by atoms with Crippen LogP contribution in [0.5, 0.6) is 0 Å².